The van der Waals surface area contributed by atoms with E-state index in [0.29, 0.717) is 19.2 Å². The Morgan fingerprint density at radius 2 is 1.92 bits per heavy atom. The largest absolute Gasteiger partial charge is 0.389 e. The van der Waals surface area contributed by atoms with Crippen molar-refractivity contribution in [2.24, 2.45) is 0 Å². The molecule has 0 bridgehead atoms. The molecule has 6 heteroatoms. The van der Waals surface area contributed by atoms with E-state index in [1.807, 2.05) is 30.3 Å². The molecule has 1 saturated carbocycles. The highest BCUT2D eigenvalue weighted by molar-refractivity contribution is 5.89. The van der Waals surface area contributed by atoms with Crippen LogP contribution in [-0.4, -0.2) is 48.6 Å². The van der Waals surface area contributed by atoms with E-state index in [2.05, 4.69) is 16.0 Å². The number of amides is 2. The highest BCUT2D eigenvalue weighted by Gasteiger charge is 2.37. The minimum Gasteiger partial charge on any atom is -0.389 e. The molecule has 2 aliphatic rings. The van der Waals surface area contributed by atoms with Crippen LogP contribution >= 0.6 is 0 Å². The van der Waals surface area contributed by atoms with E-state index in [9.17, 15) is 9.90 Å². The van der Waals surface area contributed by atoms with Crippen molar-refractivity contribution in [3.05, 3.63) is 30.3 Å². The van der Waals surface area contributed by atoms with Crippen LogP contribution < -0.4 is 16.0 Å². The van der Waals surface area contributed by atoms with Crippen LogP contribution in [0.4, 0.5) is 10.5 Å². The summed E-state index contributed by atoms with van der Waals surface area (Å²) in [5.74, 6) is 0. The second-order valence-electron chi connectivity index (χ2n) is 6.67. The molecule has 0 spiro atoms. The second-order valence-corrected chi connectivity index (χ2v) is 6.67. The highest BCUT2D eigenvalue weighted by atomic mass is 16.5. The Kier molecular flexibility index (Phi) is 6.07. The molecule has 4 N–H and O–H groups in total. The first kappa shape index (κ1) is 17.2. The number of carbonyl (C=O) groups excluding carboxylic acids is 1. The zero-order valence-electron chi connectivity index (χ0n) is 13.9. The smallest absolute Gasteiger partial charge is 0.319 e. The average molecular weight is 333 g/mol. The number of rotatable bonds is 5. The summed E-state index contributed by atoms with van der Waals surface area (Å²) in [6.07, 6.45) is 5.21. The fourth-order valence-corrected chi connectivity index (χ4v) is 3.47. The Morgan fingerprint density at radius 1 is 1.17 bits per heavy atom. The van der Waals surface area contributed by atoms with Gasteiger partial charge in [-0.1, -0.05) is 37.5 Å². The fraction of sp³-hybridized carbons (Fsp3) is 0.611. The van der Waals surface area contributed by atoms with Crippen LogP contribution in [0.5, 0.6) is 0 Å². The summed E-state index contributed by atoms with van der Waals surface area (Å²) in [5.41, 5.74) is 0.736. The Bertz CT molecular complexity index is 520. The summed E-state index contributed by atoms with van der Waals surface area (Å²) in [6, 6.07) is 9.41. The van der Waals surface area contributed by atoms with Crippen molar-refractivity contribution in [2.45, 2.75) is 56.4 Å². The third-order valence-corrected chi connectivity index (χ3v) is 4.83. The normalized spacial score (nSPS) is 27.8. The maximum absolute atomic E-state index is 11.9. The van der Waals surface area contributed by atoms with Gasteiger partial charge in [-0.25, -0.2) is 4.79 Å². The maximum atomic E-state index is 11.9. The molecule has 3 atom stereocenters. The molecule has 6 nitrogen and oxygen atoms in total. The predicted octanol–water partition coefficient (Wildman–Crippen LogP) is 1.86. The highest BCUT2D eigenvalue weighted by Crippen LogP contribution is 2.21. The lowest BCUT2D eigenvalue weighted by molar-refractivity contribution is 0.0423. The molecular weight excluding hydrogens is 306 g/mol. The SMILES string of the molecule is O=C(NC[C@H]1OC[C@@H](NC2CCCCC2)[C@@H]1O)Nc1ccccc1. The molecule has 2 amide bonds. The van der Waals surface area contributed by atoms with E-state index < -0.39 is 6.10 Å². The van der Waals surface area contributed by atoms with E-state index in [4.69, 9.17) is 4.74 Å². The molecule has 132 valence electrons. The average Bonchev–Trinajstić information content (AvgIpc) is 2.95. The molecule has 1 aliphatic heterocycles. The van der Waals surface area contributed by atoms with Crippen LogP contribution in [-0.2, 0) is 4.74 Å². The van der Waals surface area contributed by atoms with Gasteiger partial charge < -0.3 is 25.8 Å². The number of hydrogen-bond donors (Lipinski definition) is 4. The van der Waals surface area contributed by atoms with Gasteiger partial charge in [0.1, 0.15) is 6.10 Å². The molecule has 1 aromatic rings. The first-order valence-corrected chi connectivity index (χ1v) is 8.88. The molecule has 3 rings (SSSR count). The second kappa shape index (κ2) is 8.46. The lowest BCUT2D eigenvalue weighted by Crippen LogP contribution is -2.49. The summed E-state index contributed by atoms with van der Waals surface area (Å²) in [4.78, 5) is 11.9. The van der Waals surface area contributed by atoms with Crippen molar-refractivity contribution in [2.75, 3.05) is 18.5 Å². The number of ether oxygens (including phenoxy) is 1. The Balaban J connectivity index is 1.40. The molecule has 1 aliphatic carbocycles. The van der Waals surface area contributed by atoms with E-state index in [1.165, 1.54) is 32.1 Å². The number of hydrogen-bond acceptors (Lipinski definition) is 4. The molecule has 24 heavy (non-hydrogen) atoms. The van der Waals surface area contributed by atoms with Crippen LogP contribution in [0.2, 0.25) is 0 Å². The molecule has 1 heterocycles. The molecule has 1 aromatic carbocycles. The zero-order chi connectivity index (χ0) is 16.8. The van der Waals surface area contributed by atoms with Crippen molar-refractivity contribution >= 4 is 11.7 Å². The number of urea groups is 1. The first-order valence-electron chi connectivity index (χ1n) is 8.88. The number of aliphatic hydroxyl groups excluding tert-OH is 1. The monoisotopic (exact) mass is 333 g/mol. The molecule has 0 aromatic heterocycles. The van der Waals surface area contributed by atoms with Gasteiger partial charge in [0.15, 0.2) is 0 Å². The van der Waals surface area contributed by atoms with Crippen LogP contribution in [0.3, 0.4) is 0 Å². The van der Waals surface area contributed by atoms with Gasteiger partial charge in [-0.15, -0.1) is 0 Å². The Labute approximate surface area is 143 Å². The Hall–Kier alpha value is -1.63. The summed E-state index contributed by atoms with van der Waals surface area (Å²) < 4.78 is 5.66. The number of aliphatic hydroxyl groups is 1. The van der Waals surface area contributed by atoms with Gasteiger partial charge in [0.05, 0.1) is 18.8 Å². The fourth-order valence-electron chi connectivity index (χ4n) is 3.47. The quantitative estimate of drug-likeness (QED) is 0.663. The third-order valence-electron chi connectivity index (χ3n) is 4.83. The molecular formula is C18H27N3O3. The van der Waals surface area contributed by atoms with Gasteiger partial charge in [-0.05, 0) is 25.0 Å². The molecule has 2 fully saturated rings. The van der Waals surface area contributed by atoms with Crippen molar-refractivity contribution in [1.29, 1.82) is 0 Å². The van der Waals surface area contributed by atoms with Gasteiger partial charge in [0, 0.05) is 18.3 Å². The van der Waals surface area contributed by atoms with Crippen molar-refractivity contribution in [1.82, 2.24) is 10.6 Å². The third kappa shape index (κ3) is 4.69. The zero-order valence-corrected chi connectivity index (χ0v) is 13.9. The standard InChI is InChI=1S/C18H27N3O3/c22-17-15(20-13-7-3-1-4-8-13)12-24-16(17)11-19-18(23)21-14-9-5-2-6-10-14/h2,5-6,9-10,13,15-17,20,22H,1,3-4,7-8,11-12H2,(H2,19,21,23)/t15-,16-,17+/m1/s1. The summed E-state index contributed by atoms with van der Waals surface area (Å²) in [5, 5.41) is 19.5. The van der Waals surface area contributed by atoms with Gasteiger partial charge in [-0.3, -0.25) is 0 Å². The number of nitrogens with one attached hydrogen (secondary N) is 3. The number of para-hydroxylation sites is 1. The van der Waals surface area contributed by atoms with E-state index in [-0.39, 0.29) is 18.2 Å². The van der Waals surface area contributed by atoms with Crippen molar-refractivity contribution in [3.8, 4) is 0 Å². The summed E-state index contributed by atoms with van der Waals surface area (Å²) in [7, 11) is 0. The maximum Gasteiger partial charge on any atom is 0.319 e. The van der Waals surface area contributed by atoms with E-state index in [0.717, 1.165) is 5.69 Å². The summed E-state index contributed by atoms with van der Waals surface area (Å²) in [6.45, 7) is 0.785. The van der Waals surface area contributed by atoms with Gasteiger partial charge in [0.2, 0.25) is 0 Å². The lowest BCUT2D eigenvalue weighted by atomic mass is 9.94. The number of anilines is 1. The molecule has 1 saturated heterocycles. The van der Waals surface area contributed by atoms with E-state index >= 15 is 0 Å². The molecule has 0 radical (unpaired) electrons. The van der Waals surface area contributed by atoms with Crippen LogP contribution in [0.15, 0.2) is 30.3 Å². The lowest BCUT2D eigenvalue weighted by Gasteiger charge is -2.27. The predicted molar refractivity (Wildman–Crippen MR) is 93.0 cm³/mol. The topological polar surface area (TPSA) is 82.6 Å². The number of carbonyl (C=O) groups is 1. The first-order chi connectivity index (χ1) is 11.7. The molecule has 0 unspecified atom stereocenters. The Morgan fingerprint density at radius 3 is 2.67 bits per heavy atom. The van der Waals surface area contributed by atoms with E-state index in [1.54, 1.807) is 0 Å². The van der Waals surface area contributed by atoms with Gasteiger partial charge >= 0.3 is 6.03 Å². The van der Waals surface area contributed by atoms with Crippen LogP contribution in [0.25, 0.3) is 0 Å². The van der Waals surface area contributed by atoms with Gasteiger partial charge in [0.25, 0.3) is 0 Å². The minimum absolute atomic E-state index is 0.0444. The number of benzene rings is 1. The van der Waals surface area contributed by atoms with Gasteiger partial charge in [-0.2, -0.15) is 0 Å². The summed E-state index contributed by atoms with van der Waals surface area (Å²) >= 11 is 0. The van der Waals surface area contributed by atoms with Crippen LogP contribution in [0, 0.1) is 0 Å². The minimum atomic E-state index is -0.594. The van der Waals surface area contributed by atoms with Crippen molar-refractivity contribution in [3.63, 3.8) is 0 Å². The van der Waals surface area contributed by atoms with Crippen molar-refractivity contribution < 1.29 is 14.6 Å². The van der Waals surface area contributed by atoms with Crippen LogP contribution in [0.1, 0.15) is 32.1 Å².